The van der Waals surface area contributed by atoms with Crippen molar-refractivity contribution in [2.45, 2.75) is 5.41 Å². The predicted molar refractivity (Wildman–Crippen MR) is 281 cm³/mol. The molecule has 10 aromatic carbocycles. The molecule has 0 bridgehead atoms. The summed E-state index contributed by atoms with van der Waals surface area (Å²) in [6.07, 6.45) is 0. The van der Waals surface area contributed by atoms with Gasteiger partial charge in [0.25, 0.3) is 0 Å². The second-order valence-corrected chi connectivity index (χ2v) is 18.3. The van der Waals surface area contributed by atoms with Crippen LogP contribution in [0.4, 0.5) is 0 Å². The van der Waals surface area contributed by atoms with Crippen LogP contribution in [0.5, 0.6) is 0 Å². The molecule has 15 rings (SSSR count). The van der Waals surface area contributed by atoms with Crippen molar-refractivity contribution in [3.63, 3.8) is 0 Å². The fourth-order valence-corrected chi connectivity index (χ4v) is 12.0. The molecule has 0 amide bonds. The van der Waals surface area contributed by atoms with Crippen LogP contribution in [0.1, 0.15) is 22.3 Å². The molecule has 1 unspecified atom stereocenters. The number of hydrogen-bond donors (Lipinski definition) is 0. The number of rotatable bonds is 5. The highest BCUT2D eigenvalue weighted by molar-refractivity contribution is 6.13. The van der Waals surface area contributed by atoms with E-state index >= 15 is 0 Å². The molecule has 13 aromatic rings. The van der Waals surface area contributed by atoms with Gasteiger partial charge in [0, 0.05) is 43.9 Å². The molecule has 1 aliphatic heterocycles. The summed E-state index contributed by atoms with van der Waals surface area (Å²) < 4.78 is 4.84. The van der Waals surface area contributed by atoms with E-state index in [-0.39, 0.29) is 0 Å². The minimum atomic E-state index is -0.592. The average Bonchev–Trinajstić information content (AvgIpc) is 4.06. The van der Waals surface area contributed by atoms with Crippen molar-refractivity contribution in [3.05, 3.63) is 259 Å². The standard InChI is InChI=1S/C64H39N5/c1-2-17-40(18-3-1)61-65-62(41-35-37-44(38-36-41)68-55-31-10-5-22-47(55)48-23-6-11-32-56(48)68)67-63(66-61)43-20-14-19-42(39-43)45-25-15-26-50-46-21-4-8-28-52(46)64(59(45)50)53-29-9-13-34-58(53)69-57-33-12-7-24-49(57)51-27-16-30-54(64)60(51)69/h1-39H. The number of benzene rings is 10. The van der Waals surface area contributed by atoms with E-state index in [2.05, 4.69) is 228 Å². The molecular weight excluding hydrogens is 839 g/mol. The largest absolute Gasteiger partial charge is 0.309 e. The van der Waals surface area contributed by atoms with Gasteiger partial charge in [-0.05, 0) is 99.1 Å². The number of nitrogens with zero attached hydrogens (tertiary/aromatic N) is 5. The van der Waals surface area contributed by atoms with Gasteiger partial charge in [-0.3, -0.25) is 0 Å². The highest BCUT2D eigenvalue weighted by Gasteiger charge is 2.52. The zero-order valence-corrected chi connectivity index (χ0v) is 37.3. The monoisotopic (exact) mass is 877 g/mol. The van der Waals surface area contributed by atoms with Gasteiger partial charge in [0.2, 0.25) is 0 Å². The van der Waals surface area contributed by atoms with Crippen molar-refractivity contribution in [2.75, 3.05) is 0 Å². The second kappa shape index (κ2) is 14.4. The maximum atomic E-state index is 5.28. The molecule has 5 heteroatoms. The van der Waals surface area contributed by atoms with Crippen LogP contribution in [0.25, 0.3) is 111 Å². The van der Waals surface area contributed by atoms with Crippen molar-refractivity contribution in [1.29, 1.82) is 0 Å². The van der Waals surface area contributed by atoms with Crippen LogP contribution < -0.4 is 0 Å². The Morgan fingerprint density at radius 3 is 1.52 bits per heavy atom. The first-order valence-electron chi connectivity index (χ1n) is 23.6. The molecule has 0 fully saturated rings. The van der Waals surface area contributed by atoms with E-state index in [1.165, 1.54) is 88.2 Å². The molecule has 0 saturated heterocycles. The number of fused-ring (bicyclic) bond motifs is 15. The van der Waals surface area contributed by atoms with Gasteiger partial charge in [-0.1, -0.05) is 182 Å². The molecule has 0 N–H and O–H groups in total. The Labute approximate surface area is 397 Å². The third kappa shape index (κ3) is 5.27. The predicted octanol–water partition coefficient (Wildman–Crippen LogP) is 15.4. The lowest BCUT2D eigenvalue weighted by Crippen LogP contribution is -2.34. The molecule has 0 saturated carbocycles. The van der Waals surface area contributed by atoms with E-state index < -0.39 is 5.41 Å². The Morgan fingerprint density at radius 2 is 0.783 bits per heavy atom. The summed E-state index contributed by atoms with van der Waals surface area (Å²) in [4.78, 5) is 15.6. The highest BCUT2D eigenvalue weighted by Crippen LogP contribution is 2.63. The van der Waals surface area contributed by atoms with E-state index in [0.29, 0.717) is 17.5 Å². The summed E-state index contributed by atoms with van der Waals surface area (Å²) in [5.41, 5.74) is 19.3. The molecule has 1 aliphatic carbocycles. The molecule has 4 heterocycles. The molecule has 1 atom stereocenters. The van der Waals surface area contributed by atoms with E-state index in [1.807, 2.05) is 18.2 Å². The average molecular weight is 878 g/mol. The Morgan fingerprint density at radius 1 is 0.304 bits per heavy atom. The summed E-state index contributed by atoms with van der Waals surface area (Å²) in [5, 5.41) is 5.00. The summed E-state index contributed by atoms with van der Waals surface area (Å²) >= 11 is 0. The minimum absolute atomic E-state index is 0.592. The summed E-state index contributed by atoms with van der Waals surface area (Å²) in [6.45, 7) is 0. The van der Waals surface area contributed by atoms with Gasteiger partial charge in [0.1, 0.15) is 0 Å². The van der Waals surface area contributed by atoms with Crippen molar-refractivity contribution in [3.8, 4) is 67.8 Å². The smallest absolute Gasteiger partial charge is 0.164 e. The lowest BCUT2D eigenvalue weighted by molar-refractivity contribution is 0.750. The fraction of sp³-hybridized carbons (Fsp3) is 0.0156. The molecule has 1 spiro atoms. The minimum Gasteiger partial charge on any atom is -0.309 e. The maximum Gasteiger partial charge on any atom is 0.164 e. The lowest BCUT2D eigenvalue weighted by Gasteiger charge is -2.40. The first-order chi connectivity index (χ1) is 34.2. The van der Waals surface area contributed by atoms with Crippen LogP contribution in [0.3, 0.4) is 0 Å². The number of aromatic nitrogens is 5. The maximum absolute atomic E-state index is 5.28. The lowest BCUT2D eigenvalue weighted by atomic mass is 9.64. The van der Waals surface area contributed by atoms with Gasteiger partial charge in [-0.25, -0.2) is 15.0 Å². The first kappa shape index (κ1) is 38.0. The van der Waals surface area contributed by atoms with Crippen LogP contribution in [-0.4, -0.2) is 24.1 Å². The molecular formula is C64H39N5. The summed E-state index contributed by atoms with van der Waals surface area (Å²) in [7, 11) is 0. The Hall–Kier alpha value is -9.19. The number of para-hydroxylation sites is 5. The quantitative estimate of drug-likeness (QED) is 0.173. The Bertz CT molecular complexity index is 4200. The zero-order chi connectivity index (χ0) is 45.2. The molecule has 5 nitrogen and oxygen atoms in total. The van der Waals surface area contributed by atoms with Crippen molar-refractivity contribution in [2.24, 2.45) is 0 Å². The third-order valence-corrected chi connectivity index (χ3v) is 14.8. The Balaban J connectivity index is 0.918. The first-order valence-corrected chi connectivity index (χ1v) is 23.6. The van der Waals surface area contributed by atoms with Crippen molar-refractivity contribution in [1.82, 2.24) is 24.1 Å². The normalized spacial score (nSPS) is 14.4. The van der Waals surface area contributed by atoms with E-state index in [4.69, 9.17) is 15.0 Å². The van der Waals surface area contributed by atoms with Crippen molar-refractivity contribution < 1.29 is 0 Å². The van der Waals surface area contributed by atoms with E-state index in [0.717, 1.165) is 27.9 Å². The molecule has 320 valence electrons. The third-order valence-electron chi connectivity index (χ3n) is 14.8. The molecule has 2 aliphatic rings. The van der Waals surface area contributed by atoms with E-state index in [1.54, 1.807) is 0 Å². The van der Waals surface area contributed by atoms with Gasteiger partial charge in [0.05, 0.1) is 33.2 Å². The Kier molecular flexibility index (Phi) is 7.93. The van der Waals surface area contributed by atoms with Crippen molar-refractivity contribution >= 4 is 43.6 Å². The summed E-state index contributed by atoms with van der Waals surface area (Å²) in [6, 6.07) is 85.6. The zero-order valence-electron chi connectivity index (χ0n) is 37.3. The molecule has 3 aromatic heterocycles. The topological polar surface area (TPSA) is 48.5 Å². The van der Waals surface area contributed by atoms with Gasteiger partial charge in [-0.2, -0.15) is 0 Å². The summed E-state index contributed by atoms with van der Waals surface area (Å²) in [5.74, 6) is 1.87. The van der Waals surface area contributed by atoms with Gasteiger partial charge in [-0.15, -0.1) is 0 Å². The van der Waals surface area contributed by atoms with Crippen LogP contribution in [0.2, 0.25) is 0 Å². The number of hydrogen-bond acceptors (Lipinski definition) is 3. The van der Waals surface area contributed by atoms with Gasteiger partial charge < -0.3 is 9.13 Å². The van der Waals surface area contributed by atoms with Crippen LogP contribution in [-0.2, 0) is 5.41 Å². The fourth-order valence-electron chi connectivity index (χ4n) is 12.0. The van der Waals surface area contributed by atoms with Gasteiger partial charge in [0.15, 0.2) is 17.5 Å². The molecule has 0 radical (unpaired) electrons. The second-order valence-electron chi connectivity index (χ2n) is 18.3. The SMILES string of the molecule is c1ccc(-c2nc(-c3ccc(-n4c5ccccc5c5ccccc54)cc3)nc(-c3cccc(-c4cccc5c4C4(c6ccccc6-5)c5ccccc5-n5c6ccccc6c6cccc4c65)c3)n2)cc1. The van der Waals surface area contributed by atoms with Crippen LogP contribution in [0.15, 0.2) is 237 Å². The molecule has 69 heavy (non-hydrogen) atoms. The van der Waals surface area contributed by atoms with Gasteiger partial charge >= 0.3 is 0 Å². The highest BCUT2D eigenvalue weighted by atomic mass is 15.0. The van der Waals surface area contributed by atoms with E-state index in [9.17, 15) is 0 Å². The van der Waals surface area contributed by atoms with Crippen LogP contribution >= 0.6 is 0 Å². The van der Waals surface area contributed by atoms with Crippen LogP contribution in [0, 0.1) is 0 Å².